The fraction of sp³-hybridized carbons (Fsp3) is 0.556. The number of likely N-dealkylation sites (tertiary alicyclic amines) is 1. The first-order valence-corrected chi connectivity index (χ1v) is 8.62. The summed E-state index contributed by atoms with van der Waals surface area (Å²) in [6.45, 7) is 1.33. The van der Waals surface area contributed by atoms with Crippen molar-refractivity contribution in [3.63, 3.8) is 0 Å². The Morgan fingerprint density at radius 3 is 2.88 bits per heavy atom. The number of rotatable bonds is 5. The fourth-order valence-electron chi connectivity index (χ4n) is 3.40. The van der Waals surface area contributed by atoms with Crippen molar-refractivity contribution < 1.29 is 9.53 Å². The van der Waals surface area contributed by atoms with E-state index in [9.17, 15) is 4.79 Å². The highest BCUT2D eigenvalue weighted by atomic mass is 16.5. The summed E-state index contributed by atoms with van der Waals surface area (Å²) in [6.07, 6.45) is 8.21. The van der Waals surface area contributed by atoms with E-state index in [1.54, 1.807) is 10.9 Å². The zero-order valence-electron chi connectivity index (χ0n) is 14.5. The molecule has 3 heterocycles. The van der Waals surface area contributed by atoms with Gasteiger partial charge in [0.05, 0.1) is 18.3 Å². The summed E-state index contributed by atoms with van der Waals surface area (Å²) in [5, 5.41) is 4.11. The van der Waals surface area contributed by atoms with Crippen molar-refractivity contribution in [2.24, 2.45) is 14.1 Å². The van der Waals surface area contributed by atoms with Gasteiger partial charge in [-0.1, -0.05) is 12.8 Å². The van der Waals surface area contributed by atoms with Gasteiger partial charge in [-0.2, -0.15) is 5.10 Å². The minimum atomic E-state index is 0.0743. The van der Waals surface area contributed by atoms with Crippen LogP contribution in [0.25, 0.3) is 0 Å². The molecule has 0 spiro atoms. The van der Waals surface area contributed by atoms with Gasteiger partial charge in [-0.05, 0) is 31.0 Å². The van der Waals surface area contributed by atoms with Crippen molar-refractivity contribution in [1.82, 2.24) is 19.2 Å². The van der Waals surface area contributed by atoms with Gasteiger partial charge in [0.2, 0.25) is 5.91 Å². The number of nitrogens with zero attached hydrogens (tertiary/aromatic N) is 4. The van der Waals surface area contributed by atoms with Gasteiger partial charge in [0, 0.05) is 38.7 Å². The lowest BCUT2D eigenvalue weighted by molar-refractivity contribution is -0.139. The largest absolute Gasteiger partial charge is 0.365 e. The van der Waals surface area contributed by atoms with E-state index in [2.05, 4.69) is 15.7 Å². The van der Waals surface area contributed by atoms with Gasteiger partial charge in [-0.25, -0.2) is 0 Å². The second kappa shape index (κ2) is 7.66. The van der Waals surface area contributed by atoms with Gasteiger partial charge in [-0.3, -0.25) is 9.48 Å². The Labute approximate surface area is 143 Å². The monoisotopic (exact) mass is 330 g/mol. The number of amides is 1. The van der Waals surface area contributed by atoms with Crippen LogP contribution in [0, 0.1) is 0 Å². The molecule has 1 unspecified atom stereocenters. The third kappa shape index (κ3) is 3.70. The number of hydrogen-bond acceptors (Lipinski definition) is 3. The van der Waals surface area contributed by atoms with E-state index in [1.165, 1.54) is 12.1 Å². The van der Waals surface area contributed by atoms with Crippen LogP contribution in [0.15, 0.2) is 30.6 Å². The molecule has 3 rings (SSSR count). The zero-order chi connectivity index (χ0) is 16.9. The quantitative estimate of drug-likeness (QED) is 0.846. The van der Waals surface area contributed by atoms with E-state index < -0.39 is 0 Å². The number of ether oxygens (including phenoxy) is 1. The van der Waals surface area contributed by atoms with E-state index in [0.717, 1.165) is 31.5 Å². The molecule has 1 aliphatic rings. The summed E-state index contributed by atoms with van der Waals surface area (Å²) in [4.78, 5) is 14.8. The molecule has 1 atom stereocenters. The summed E-state index contributed by atoms with van der Waals surface area (Å²) in [5.74, 6) is 0.0743. The van der Waals surface area contributed by atoms with Crippen molar-refractivity contribution in [2.45, 2.75) is 38.3 Å². The van der Waals surface area contributed by atoms with E-state index in [0.29, 0.717) is 6.61 Å². The first-order chi connectivity index (χ1) is 11.7. The van der Waals surface area contributed by atoms with Crippen LogP contribution in [0.3, 0.4) is 0 Å². The molecule has 0 aliphatic carbocycles. The Bertz CT molecular complexity index is 676. The first kappa shape index (κ1) is 16.8. The molecule has 24 heavy (non-hydrogen) atoms. The highest BCUT2D eigenvalue weighted by Gasteiger charge is 2.28. The summed E-state index contributed by atoms with van der Waals surface area (Å²) >= 11 is 0. The lowest BCUT2D eigenvalue weighted by Crippen LogP contribution is -2.38. The van der Waals surface area contributed by atoms with Crippen LogP contribution >= 0.6 is 0 Å². The third-order valence-electron chi connectivity index (χ3n) is 4.80. The molecule has 0 aromatic carbocycles. The van der Waals surface area contributed by atoms with Crippen LogP contribution in [0.1, 0.15) is 43.1 Å². The molecule has 0 saturated carbocycles. The fourth-order valence-corrected chi connectivity index (χ4v) is 3.40. The normalized spacial score (nSPS) is 18.6. The lowest BCUT2D eigenvalue weighted by atomic mass is 10.1. The van der Waals surface area contributed by atoms with E-state index in [4.69, 9.17) is 4.74 Å². The number of carbonyl (C=O) groups excluding carboxylic acids is 1. The molecular formula is C18H26N4O2. The summed E-state index contributed by atoms with van der Waals surface area (Å²) in [7, 11) is 3.92. The smallest absolute Gasteiger partial charge is 0.249 e. The molecule has 1 amide bonds. The van der Waals surface area contributed by atoms with Gasteiger partial charge < -0.3 is 14.2 Å². The average molecular weight is 330 g/mol. The molecule has 130 valence electrons. The molecule has 1 aliphatic heterocycles. The SMILES string of the molecule is Cn1cccc1C1CCCCCN1C(=O)COCc1ccnn1C. The molecule has 0 radical (unpaired) electrons. The maximum atomic E-state index is 12.8. The standard InChI is InChI=1S/C18H26N4O2/c1-20-11-6-8-16(20)17-7-4-3-5-12-22(17)18(23)14-24-13-15-9-10-19-21(15)2/h6,8-11,17H,3-5,7,12-14H2,1-2H3. The molecule has 0 bridgehead atoms. The van der Waals surface area contributed by atoms with Gasteiger partial charge in [0.25, 0.3) is 0 Å². The Morgan fingerprint density at radius 2 is 2.17 bits per heavy atom. The molecule has 2 aromatic rings. The van der Waals surface area contributed by atoms with Crippen LogP contribution in [0.5, 0.6) is 0 Å². The van der Waals surface area contributed by atoms with Crippen LogP contribution in [-0.4, -0.2) is 38.3 Å². The topological polar surface area (TPSA) is 52.3 Å². The van der Waals surface area contributed by atoms with Gasteiger partial charge >= 0.3 is 0 Å². The van der Waals surface area contributed by atoms with Crippen LogP contribution < -0.4 is 0 Å². The zero-order valence-corrected chi connectivity index (χ0v) is 14.5. The number of carbonyl (C=O) groups is 1. The third-order valence-corrected chi connectivity index (χ3v) is 4.80. The molecule has 1 saturated heterocycles. The molecule has 6 nitrogen and oxygen atoms in total. The molecular weight excluding hydrogens is 304 g/mol. The highest BCUT2D eigenvalue weighted by molar-refractivity contribution is 5.78. The van der Waals surface area contributed by atoms with Crippen LogP contribution in [-0.2, 0) is 30.2 Å². The van der Waals surface area contributed by atoms with Crippen LogP contribution in [0.4, 0.5) is 0 Å². The highest BCUT2D eigenvalue weighted by Crippen LogP contribution is 2.30. The van der Waals surface area contributed by atoms with Gasteiger partial charge in [-0.15, -0.1) is 0 Å². The summed E-state index contributed by atoms with van der Waals surface area (Å²) < 4.78 is 9.54. The van der Waals surface area contributed by atoms with Crippen molar-refractivity contribution >= 4 is 5.91 Å². The Kier molecular flexibility index (Phi) is 5.35. The Morgan fingerprint density at radius 1 is 1.29 bits per heavy atom. The van der Waals surface area contributed by atoms with Gasteiger partial charge in [0.1, 0.15) is 6.61 Å². The second-order valence-electron chi connectivity index (χ2n) is 6.44. The number of aromatic nitrogens is 3. The Balaban J connectivity index is 1.64. The minimum absolute atomic E-state index is 0.0743. The molecule has 6 heteroatoms. The van der Waals surface area contributed by atoms with Crippen molar-refractivity contribution in [3.05, 3.63) is 42.0 Å². The summed E-state index contributed by atoms with van der Waals surface area (Å²) in [6, 6.07) is 6.22. The van der Waals surface area contributed by atoms with Crippen molar-refractivity contribution in [3.8, 4) is 0 Å². The average Bonchev–Trinajstić information content (AvgIpc) is 3.08. The van der Waals surface area contributed by atoms with Crippen LogP contribution in [0.2, 0.25) is 0 Å². The Hall–Kier alpha value is -2.08. The second-order valence-corrected chi connectivity index (χ2v) is 6.44. The molecule has 0 N–H and O–H groups in total. The number of hydrogen-bond donors (Lipinski definition) is 0. The molecule has 1 fully saturated rings. The lowest BCUT2D eigenvalue weighted by Gasteiger charge is -2.30. The maximum absolute atomic E-state index is 12.8. The predicted octanol–water partition coefficient (Wildman–Crippen LogP) is 2.42. The predicted molar refractivity (Wildman–Crippen MR) is 91.2 cm³/mol. The van der Waals surface area contributed by atoms with Crippen molar-refractivity contribution in [2.75, 3.05) is 13.2 Å². The van der Waals surface area contributed by atoms with E-state index in [1.807, 2.05) is 37.3 Å². The van der Waals surface area contributed by atoms with Crippen molar-refractivity contribution in [1.29, 1.82) is 0 Å². The summed E-state index contributed by atoms with van der Waals surface area (Å²) in [5.41, 5.74) is 2.18. The van der Waals surface area contributed by atoms with E-state index in [-0.39, 0.29) is 18.6 Å². The van der Waals surface area contributed by atoms with Gasteiger partial charge in [0.15, 0.2) is 0 Å². The maximum Gasteiger partial charge on any atom is 0.249 e. The molecule has 2 aromatic heterocycles. The number of aryl methyl sites for hydroxylation is 2. The first-order valence-electron chi connectivity index (χ1n) is 8.62. The van der Waals surface area contributed by atoms with E-state index >= 15 is 0 Å². The minimum Gasteiger partial charge on any atom is -0.365 e.